The van der Waals surface area contributed by atoms with Crippen LogP contribution in [-0.4, -0.2) is 13.6 Å². The van der Waals surface area contributed by atoms with Crippen LogP contribution < -0.4 is 5.32 Å². The molecule has 15 heavy (non-hydrogen) atoms. The summed E-state index contributed by atoms with van der Waals surface area (Å²) in [7, 11) is 2.00. The summed E-state index contributed by atoms with van der Waals surface area (Å²) in [6, 6.07) is 8.24. The first-order valence-corrected chi connectivity index (χ1v) is 5.93. The zero-order valence-electron chi connectivity index (χ0n) is 9.76. The van der Waals surface area contributed by atoms with Gasteiger partial charge in [-0.3, -0.25) is 0 Å². The molecule has 0 saturated carbocycles. The molecule has 1 N–H and O–H groups in total. The van der Waals surface area contributed by atoms with Crippen LogP contribution in [0.4, 0.5) is 0 Å². The molecule has 0 amide bonds. The van der Waals surface area contributed by atoms with Crippen molar-refractivity contribution in [3.63, 3.8) is 0 Å². The summed E-state index contributed by atoms with van der Waals surface area (Å²) in [6.45, 7) is 5.61. The van der Waals surface area contributed by atoms with Crippen molar-refractivity contribution in [2.75, 3.05) is 13.6 Å². The average molecular weight is 226 g/mol. The van der Waals surface area contributed by atoms with E-state index in [0.717, 1.165) is 11.6 Å². The molecular weight excluding hydrogens is 206 g/mol. The number of rotatable bonds is 5. The minimum Gasteiger partial charge on any atom is -0.320 e. The second-order valence-corrected chi connectivity index (χ2v) is 4.73. The van der Waals surface area contributed by atoms with Crippen LogP contribution in [0.5, 0.6) is 0 Å². The third-order valence-corrected chi connectivity index (χ3v) is 3.06. The largest absolute Gasteiger partial charge is 0.320 e. The summed E-state index contributed by atoms with van der Waals surface area (Å²) in [5, 5.41) is 4.02. The standard InChI is InChI=1S/C13H20ClN/c1-10(2)13(8-9-15-3)11-4-6-12(14)7-5-11/h4-7,10,13,15H,8-9H2,1-3H3. The van der Waals surface area contributed by atoms with E-state index in [1.54, 1.807) is 0 Å². The molecule has 0 radical (unpaired) electrons. The molecule has 0 aliphatic rings. The van der Waals surface area contributed by atoms with Gasteiger partial charge in [0.2, 0.25) is 0 Å². The summed E-state index contributed by atoms with van der Waals surface area (Å²) in [6.07, 6.45) is 1.18. The number of halogens is 1. The molecule has 0 spiro atoms. The van der Waals surface area contributed by atoms with Crippen molar-refractivity contribution in [1.82, 2.24) is 5.32 Å². The van der Waals surface area contributed by atoms with Crippen molar-refractivity contribution in [2.45, 2.75) is 26.2 Å². The maximum atomic E-state index is 5.89. The average Bonchev–Trinajstić information content (AvgIpc) is 2.21. The molecule has 0 bridgehead atoms. The van der Waals surface area contributed by atoms with Crippen LogP contribution in [-0.2, 0) is 0 Å². The van der Waals surface area contributed by atoms with E-state index in [2.05, 4.69) is 31.3 Å². The van der Waals surface area contributed by atoms with Crippen molar-refractivity contribution in [3.05, 3.63) is 34.9 Å². The molecule has 1 aromatic carbocycles. The number of hydrogen-bond acceptors (Lipinski definition) is 1. The minimum atomic E-state index is 0.620. The van der Waals surface area contributed by atoms with Gasteiger partial charge >= 0.3 is 0 Å². The van der Waals surface area contributed by atoms with Gasteiger partial charge in [0, 0.05) is 5.02 Å². The molecule has 84 valence electrons. The highest BCUT2D eigenvalue weighted by atomic mass is 35.5. The maximum Gasteiger partial charge on any atom is 0.0406 e. The van der Waals surface area contributed by atoms with Crippen LogP contribution in [0.15, 0.2) is 24.3 Å². The highest BCUT2D eigenvalue weighted by Gasteiger charge is 2.14. The van der Waals surface area contributed by atoms with Gasteiger partial charge in [-0.05, 0) is 49.5 Å². The maximum absolute atomic E-state index is 5.89. The van der Waals surface area contributed by atoms with E-state index in [0.29, 0.717) is 11.8 Å². The first-order valence-electron chi connectivity index (χ1n) is 5.55. The third-order valence-electron chi connectivity index (χ3n) is 2.81. The topological polar surface area (TPSA) is 12.0 Å². The second kappa shape index (κ2) is 6.14. The molecule has 0 aliphatic heterocycles. The van der Waals surface area contributed by atoms with Crippen molar-refractivity contribution in [2.24, 2.45) is 5.92 Å². The Kier molecular flexibility index (Phi) is 5.13. The summed E-state index contributed by atoms with van der Waals surface area (Å²) in [4.78, 5) is 0. The van der Waals surface area contributed by atoms with Gasteiger partial charge in [-0.1, -0.05) is 37.6 Å². The van der Waals surface area contributed by atoms with E-state index >= 15 is 0 Å². The zero-order chi connectivity index (χ0) is 11.3. The van der Waals surface area contributed by atoms with E-state index in [-0.39, 0.29) is 0 Å². The van der Waals surface area contributed by atoms with E-state index in [9.17, 15) is 0 Å². The van der Waals surface area contributed by atoms with Crippen LogP contribution in [0.1, 0.15) is 31.7 Å². The Morgan fingerprint density at radius 3 is 2.27 bits per heavy atom. The van der Waals surface area contributed by atoms with E-state index < -0.39 is 0 Å². The lowest BCUT2D eigenvalue weighted by molar-refractivity contribution is 0.461. The molecule has 1 aromatic rings. The van der Waals surface area contributed by atoms with E-state index in [1.165, 1.54) is 12.0 Å². The first kappa shape index (κ1) is 12.5. The number of benzene rings is 1. The molecule has 1 atom stereocenters. The highest BCUT2D eigenvalue weighted by Crippen LogP contribution is 2.28. The minimum absolute atomic E-state index is 0.620. The van der Waals surface area contributed by atoms with Gasteiger partial charge in [0.1, 0.15) is 0 Å². The van der Waals surface area contributed by atoms with Gasteiger partial charge < -0.3 is 5.32 Å². The molecule has 0 fully saturated rings. The molecule has 1 unspecified atom stereocenters. The Balaban J connectivity index is 2.74. The van der Waals surface area contributed by atoms with Gasteiger partial charge in [0.15, 0.2) is 0 Å². The lowest BCUT2D eigenvalue weighted by Crippen LogP contribution is -2.15. The predicted molar refractivity (Wildman–Crippen MR) is 67.6 cm³/mol. The molecule has 0 saturated heterocycles. The Morgan fingerprint density at radius 1 is 1.20 bits per heavy atom. The third kappa shape index (κ3) is 3.84. The van der Waals surface area contributed by atoms with Crippen LogP contribution in [0.25, 0.3) is 0 Å². The second-order valence-electron chi connectivity index (χ2n) is 4.29. The van der Waals surface area contributed by atoms with Gasteiger partial charge in [-0.25, -0.2) is 0 Å². The first-order chi connectivity index (χ1) is 7.15. The van der Waals surface area contributed by atoms with Gasteiger partial charge in [0.25, 0.3) is 0 Å². The normalized spacial score (nSPS) is 13.1. The fraction of sp³-hybridized carbons (Fsp3) is 0.538. The van der Waals surface area contributed by atoms with Crippen molar-refractivity contribution in [3.8, 4) is 0 Å². The molecule has 0 heterocycles. The molecule has 0 aromatic heterocycles. The predicted octanol–water partition coefficient (Wildman–Crippen LogP) is 3.69. The fourth-order valence-electron chi connectivity index (χ4n) is 1.89. The summed E-state index contributed by atoms with van der Waals surface area (Å²) < 4.78 is 0. The fourth-order valence-corrected chi connectivity index (χ4v) is 2.02. The molecule has 0 aliphatic carbocycles. The Hall–Kier alpha value is -0.530. The zero-order valence-corrected chi connectivity index (χ0v) is 10.5. The SMILES string of the molecule is CNCCC(c1ccc(Cl)cc1)C(C)C. The molecular formula is C13H20ClN. The highest BCUT2D eigenvalue weighted by molar-refractivity contribution is 6.30. The van der Waals surface area contributed by atoms with E-state index in [4.69, 9.17) is 11.6 Å². The Bertz CT molecular complexity index is 279. The quantitative estimate of drug-likeness (QED) is 0.806. The Labute approximate surface area is 97.8 Å². The van der Waals surface area contributed by atoms with Gasteiger partial charge in [-0.15, -0.1) is 0 Å². The smallest absolute Gasteiger partial charge is 0.0406 e. The Morgan fingerprint density at radius 2 is 1.80 bits per heavy atom. The van der Waals surface area contributed by atoms with Crippen LogP contribution >= 0.6 is 11.6 Å². The summed E-state index contributed by atoms with van der Waals surface area (Å²) in [5.74, 6) is 1.29. The van der Waals surface area contributed by atoms with Crippen molar-refractivity contribution in [1.29, 1.82) is 0 Å². The molecule has 2 heteroatoms. The van der Waals surface area contributed by atoms with Crippen LogP contribution in [0.3, 0.4) is 0 Å². The summed E-state index contributed by atoms with van der Waals surface area (Å²) >= 11 is 5.89. The lowest BCUT2D eigenvalue weighted by atomic mass is 9.86. The molecule has 1 rings (SSSR count). The lowest BCUT2D eigenvalue weighted by Gasteiger charge is -2.21. The summed E-state index contributed by atoms with van der Waals surface area (Å²) in [5.41, 5.74) is 1.39. The van der Waals surface area contributed by atoms with Gasteiger partial charge in [-0.2, -0.15) is 0 Å². The number of nitrogens with one attached hydrogen (secondary N) is 1. The van der Waals surface area contributed by atoms with Gasteiger partial charge in [0.05, 0.1) is 0 Å². The van der Waals surface area contributed by atoms with Crippen molar-refractivity contribution >= 4 is 11.6 Å². The van der Waals surface area contributed by atoms with Crippen molar-refractivity contribution < 1.29 is 0 Å². The van der Waals surface area contributed by atoms with E-state index in [1.807, 2.05) is 19.2 Å². The molecule has 1 nitrogen and oxygen atoms in total. The van der Waals surface area contributed by atoms with Crippen LogP contribution in [0, 0.1) is 5.92 Å². The number of hydrogen-bond donors (Lipinski definition) is 1. The monoisotopic (exact) mass is 225 g/mol. The van der Waals surface area contributed by atoms with Crippen LogP contribution in [0.2, 0.25) is 5.02 Å².